The van der Waals surface area contributed by atoms with Crippen LogP contribution in [0.5, 0.6) is 0 Å². The van der Waals surface area contributed by atoms with Crippen LogP contribution in [0.2, 0.25) is 5.02 Å². The molecule has 1 aliphatic heterocycles. The molecular formula is C12H18ClN3O. The van der Waals surface area contributed by atoms with Crippen LogP contribution in [0, 0.1) is 0 Å². The van der Waals surface area contributed by atoms with Crippen LogP contribution in [-0.4, -0.2) is 28.2 Å². The minimum Gasteiger partial charge on any atom is -0.314 e. The van der Waals surface area contributed by atoms with Gasteiger partial charge in [-0.05, 0) is 33.2 Å². The summed E-state index contributed by atoms with van der Waals surface area (Å²) in [6, 6.07) is 0.451. The van der Waals surface area contributed by atoms with Gasteiger partial charge in [0.15, 0.2) is 5.78 Å². The second-order valence-corrected chi connectivity index (χ2v) is 5.21. The molecule has 0 spiro atoms. The molecule has 0 aliphatic carbocycles. The Kier molecular flexibility index (Phi) is 3.84. The summed E-state index contributed by atoms with van der Waals surface area (Å²) in [5.74, 6) is 0.0839. The molecule has 2 heterocycles. The summed E-state index contributed by atoms with van der Waals surface area (Å²) in [6.45, 7) is 5.00. The lowest BCUT2D eigenvalue weighted by molar-refractivity contribution is 0.0959. The second kappa shape index (κ2) is 5.19. The lowest BCUT2D eigenvalue weighted by Gasteiger charge is -2.13. The third kappa shape index (κ3) is 2.69. The largest absolute Gasteiger partial charge is 0.314 e. The van der Waals surface area contributed by atoms with E-state index in [0.29, 0.717) is 23.2 Å². The number of aromatic nitrogens is 2. The predicted molar refractivity (Wildman–Crippen MR) is 67.6 cm³/mol. The molecule has 0 radical (unpaired) electrons. The Labute approximate surface area is 106 Å². The Hall–Kier alpha value is -0.870. The predicted octanol–water partition coefficient (Wildman–Crippen LogP) is 2.44. The van der Waals surface area contributed by atoms with Crippen molar-refractivity contribution in [1.29, 1.82) is 0 Å². The van der Waals surface area contributed by atoms with Crippen LogP contribution < -0.4 is 5.32 Å². The number of Topliss-reactive ketones (excluding diaryl/α,β-unsaturated/α-hetero) is 1. The van der Waals surface area contributed by atoms with E-state index < -0.39 is 0 Å². The van der Waals surface area contributed by atoms with Crippen LogP contribution in [0.3, 0.4) is 0 Å². The van der Waals surface area contributed by atoms with Crippen LogP contribution in [0.25, 0.3) is 0 Å². The van der Waals surface area contributed by atoms with Gasteiger partial charge in [-0.2, -0.15) is 5.10 Å². The molecule has 1 unspecified atom stereocenters. The fourth-order valence-electron chi connectivity index (χ4n) is 2.25. The highest BCUT2D eigenvalue weighted by molar-refractivity contribution is 6.33. The molecule has 1 saturated heterocycles. The minimum absolute atomic E-state index is 0.0839. The van der Waals surface area contributed by atoms with Gasteiger partial charge >= 0.3 is 0 Å². The quantitative estimate of drug-likeness (QED) is 0.841. The van der Waals surface area contributed by atoms with E-state index in [0.717, 1.165) is 19.4 Å². The van der Waals surface area contributed by atoms with Crippen LogP contribution in [0.1, 0.15) is 49.6 Å². The summed E-state index contributed by atoms with van der Waals surface area (Å²) in [4.78, 5) is 12.2. The Morgan fingerprint density at radius 2 is 2.47 bits per heavy atom. The van der Waals surface area contributed by atoms with Gasteiger partial charge in [-0.3, -0.25) is 9.48 Å². The Morgan fingerprint density at radius 3 is 3.06 bits per heavy atom. The molecule has 0 saturated carbocycles. The SMILES string of the molecule is CC(C)n1ncc(Cl)c1C(=O)CC1CCCN1. The molecule has 1 fully saturated rings. The zero-order chi connectivity index (χ0) is 12.4. The Morgan fingerprint density at radius 1 is 1.71 bits per heavy atom. The second-order valence-electron chi connectivity index (χ2n) is 4.80. The molecule has 5 heteroatoms. The van der Waals surface area contributed by atoms with Gasteiger partial charge in [0, 0.05) is 18.5 Å². The molecule has 1 aliphatic rings. The molecule has 0 bridgehead atoms. The summed E-state index contributed by atoms with van der Waals surface area (Å²) in [5, 5.41) is 7.94. The molecule has 1 aromatic heterocycles. The van der Waals surface area contributed by atoms with E-state index in [1.807, 2.05) is 13.8 Å². The maximum absolute atomic E-state index is 12.2. The molecule has 94 valence electrons. The third-order valence-corrected chi connectivity index (χ3v) is 3.37. The van der Waals surface area contributed by atoms with E-state index in [2.05, 4.69) is 10.4 Å². The number of carbonyl (C=O) groups excluding carboxylic acids is 1. The first-order chi connectivity index (χ1) is 8.09. The van der Waals surface area contributed by atoms with Crippen molar-refractivity contribution < 1.29 is 4.79 Å². The number of halogens is 1. The fraction of sp³-hybridized carbons (Fsp3) is 0.667. The number of carbonyl (C=O) groups is 1. The lowest BCUT2D eigenvalue weighted by atomic mass is 10.1. The van der Waals surface area contributed by atoms with Crippen molar-refractivity contribution in [3.05, 3.63) is 16.9 Å². The summed E-state index contributed by atoms with van der Waals surface area (Å²) in [7, 11) is 0. The zero-order valence-corrected chi connectivity index (χ0v) is 11.0. The topological polar surface area (TPSA) is 46.9 Å². The summed E-state index contributed by atoms with van der Waals surface area (Å²) in [5.41, 5.74) is 0.551. The number of nitrogens with zero attached hydrogens (tertiary/aromatic N) is 2. The van der Waals surface area contributed by atoms with Crippen LogP contribution in [0.15, 0.2) is 6.20 Å². The normalized spacial score (nSPS) is 20.1. The van der Waals surface area contributed by atoms with Gasteiger partial charge in [0.2, 0.25) is 0 Å². The Bertz CT molecular complexity index is 408. The first-order valence-electron chi connectivity index (χ1n) is 6.09. The van der Waals surface area contributed by atoms with Gasteiger partial charge < -0.3 is 5.32 Å². The van der Waals surface area contributed by atoms with E-state index in [9.17, 15) is 4.79 Å². The molecule has 1 N–H and O–H groups in total. The highest BCUT2D eigenvalue weighted by Gasteiger charge is 2.23. The minimum atomic E-state index is 0.0839. The number of rotatable bonds is 4. The van der Waals surface area contributed by atoms with Crippen LogP contribution in [0.4, 0.5) is 0 Å². The van der Waals surface area contributed by atoms with Crippen molar-refractivity contribution in [2.75, 3.05) is 6.54 Å². The van der Waals surface area contributed by atoms with Gasteiger partial charge in [0.25, 0.3) is 0 Å². The smallest absolute Gasteiger partial charge is 0.183 e. The van der Waals surface area contributed by atoms with Crippen molar-refractivity contribution >= 4 is 17.4 Å². The maximum Gasteiger partial charge on any atom is 0.183 e. The average molecular weight is 256 g/mol. The summed E-state index contributed by atoms with van der Waals surface area (Å²) < 4.78 is 1.71. The summed E-state index contributed by atoms with van der Waals surface area (Å²) in [6.07, 6.45) is 4.28. The highest BCUT2D eigenvalue weighted by atomic mass is 35.5. The monoisotopic (exact) mass is 255 g/mol. The van der Waals surface area contributed by atoms with Crippen molar-refractivity contribution in [2.45, 2.75) is 45.2 Å². The van der Waals surface area contributed by atoms with E-state index in [1.54, 1.807) is 10.9 Å². The molecule has 1 atom stereocenters. The maximum atomic E-state index is 12.2. The van der Waals surface area contributed by atoms with Gasteiger partial charge in [-0.25, -0.2) is 0 Å². The molecule has 17 heavy (non-hydrogen) atoms. The number of nitrogens with one attached hydrogen (secondary N) is 1. The first kappa shape index (κ1) is 12.6. The average Bonchev–Trinajstić information content (AvgIpc) is 2.86. The van der Waals surface area contributed by atoms with Crippen LogP contribution >= 0.6 is 11.6 Å². The number of hydrogen-bond acceptors (Lipinski definition) is 3. The zero-order valence-electron chi connectivity index (χ0n) is 10.2. The number of ketones is 1. The van der Waals surface area contributed by atoms with Crippen molar-refractivity contribution in [1.82, 2.24) is 15.1 Å². The van der Waals surface area contributed by atoms with Crippen molar-refractivity contribution in [2.24, 2.45) is 0 Å². The molecule has 4 nitrogen and oxygen atoms in total. The standard InChI is InChI=1S/C12H18ClN3O/c1-8(2)16-12(10(13)7-15-16)11(17)6-9-4-3-5-14-9/h7-9,14H,3-6H2,1-2H3. The Balaban J connectivity index is 2.14. The van der Waals surface area contributed by atoms with Crippen molar-refractivity contribution in [3.8, 4) is 0 Å². The van der Waals surface area contributed by atoms with Crippen molar-refractivity contribution in [3.63, 3.8) is 0 Å². The molecular weight excluding hydrogens is 238 g/mol. The van der Waals surface area contributed by atoms with E-state index >= 15 is 0 Å². The summed E-state index contributed by atoms with van der Waals surface area (Å²) >= 11 is 6.04. The van der Waals surface area contributed by atoms with E-state index in [-0.39, 0.29) is 11.8 Å². The molecule has 0 aromatic carbocycles. The van der Waals surface area contributed by atoms with Gasteiger partial charge in [0.05, 0.1) is 11.2 Å². The van der Waals surface area contributed by atoms with Gasteiger partial charge in [-0.1, -0.05) is 11.6 Å². The van der Waals surface area contributed by atoms with Crippen LogP contribution in [-0.2, 0) is 0 Å². The fourth-order valence-corrected chi connectivity index (χ4v) is 2.48. The highest BCUT2D eigenvalue weighted by Crippen LogP contribution is 2.22. The van der Waals surface area contributed by atoms with E-state index in [1.165, 1.54) is 0 Å². The number of hydrogen-bond donors (Lipinski definition) is 1. The van der Waals surface area contributed by atoms with E-state index in [4.69, 9.17) is 11.6 Å². The first-order valence-corrected chi connectivity index (χ1v) is 6.47. The molecule has 1 aromatic rings. The molecule has 0 amide bonds. The molecule has 2 rings (SSSR count). The van der Waals surface area contributed by atoms with Gasteiger partial charge in [-0.15, -0.1) is 0 Å². The lowest BCUT2D eigenvalue weighted by Crippen LogP contribution is -2.26. The third-order valence-electron chi connectivity index (χ3n) is 3.10. The van der Waals surface area contributed by atoms with Gasteiger partial charge in [0.1, 0.15) is 5.69 Å².